The second kappa shape index (κ2) is 6.50. The summed E-state index contributed by atoms with van der Waals surface area (Å²) in [6, 6.07) is 5.10. The van der Waals surface area contributed by atoms with Crippen molar-refractivity contribution in [2.24, 2.45) is 5.92 Å². The molecule has 0 heterocycles. The lowest BCUT2D eigenvalue weighted by Crippen LogP contribution is -2.10. The summed E-state index contributed by atoms with van der Waals surface area (Å²) in [7, 11) is 1.37. The van der Waals surface area contributed by atoms with Crippen molar-refractivity contribution in [3.05, 3.63) is 28.8 Å². The van der Waals surface area contributed by atoms with Gasteiger partial charge >= 0.3 is 5.97 Å². The number of methoxy groups -OCH3 is 1. The molecule has 0 spiro atoms. The summed E-state index contributed by atoms with van der Waals surface area (Å²) >= 11 is 5.91. The standard InChI is InChI=1S/C13H18ClNO2/c1-9(2)6-7-15-12-8-10(14)4-5-11(12)13(16)17-3/h4-5,8-9,15H,6-7H2,1-3H3. The molecule has 0 aliphatic rings. The zero-order chi connectivity index (χ0) is 12.8. The van der Waals surface area contributed by atoms with Gasteiger partial charge in [0, 0.05) is 11.6 Å². The van der Waals surface area contributed by atoms with Crippen LogP contribution in [0.5, 0.6) is 0 Å². The van der Waals surface area contributed by atoms with E-state index in [1.807, 2.05) is 0 Å². The molecule has 3 nitrogen and oxygen atoms in total. The summed E-state index contributed by atoms with van der Waals surface area (Å²) in [5.74, 6) is 0.261. The van der Waals surface area contributed by atoms with Gasteiger partial charge in [-0.2, -0.15) is 0 Å². The third kappa shape index (κ3) is 4.27. The maximum absolute atomic E-state index is 11.5. The summed E-state index contributed by atoms with van der Waals surface area (Å²) in [6.07, 6.45) is 1.03. The van der Waals surface area contributed by atoms with Gasteiger partial charge in [0.1, 0.15) is 0 Å². The fourth-order valence-electron chi connectivity index (χ4n) is 1.45. The summed E-state index contributed by atoms with van der Waals surface area (Å²) in [5.41, 5.74) is 1.24. The lowest BCUT2D eigenvalue weighted by atomic mass is 10.1. The molecule has 1 aromatic carbocycles. The van der Waals surface area contributed by atoms with E-state index in [1.165, 1.54) is 7.11 Å². The van der Waals surface area contributed by atoms with Crippen molar-refractivity contribution in [2.45, 2.75) is 20.3 Å². The van der Waals surface area contributed by atoms with E-state index in [1.54, 1.807) is 18.2 Å². The predicted molar refractivity (Wildman–Crippen MR) is 70.7 cm³/mol. The van der Waals surface area contributed by atoms with Crippen LogP contribution in [0.3, 0.4) is 0 Å². The Labute approximate surface area is 107 Å². The molecular weight excluding hydrogens is 238 g/mol. The summed E-state index contributed by atoms with van der Waals surface area (Å²) in [6.45, 7) is 5.11. The first-order valence-electron chi connectivity index (χ1n) is 5.66. The summed E-state index contributed by atoms with van der Waals surface area (Å²) in [5, 5.41) is 3.82. The highest BCUT2D eigenvalue weighted by molar-refractivity contribution is 6.31. The topological polar surface area (TPSA) is 38.3 Å². The molecule has 0 saturated carbocycles. The Morgan fingerprint density at radius 2 is 2.18 bits per heavy atom. The van der Waals surface area contributed by atoms with Gasteiger partial charge in [-0.15, -0.1) is 0 Å². The molecule has 1 rings (SSSR count). The van der Waals surface area contributed by atoms with Crippen molar-refractivity contribution in [2.75, 3.05) is 19.0 Å². The first kappa shape index (κ1) is 13.8. The van der Waals surface area contributed by atoms with Gasteiger partial charge in [0.25, 0.3) is 0 Å². The number of rotatable bonds is 5. The van der Waals surface area contributed by atoms with E-state index in [0.29, 0.717) is 16.5 Å². The molecule has 0 aromatic heterocycles. The van der Waals surface area contributed by atoms with Crippen LogP contribution in [0.25, 0.3) is 0 Å². The van der Waals surface area contributed by atoms with Crippen molar-refractivity contribution in [1.29, 1.82) is 0 Å². The second-order valence-electron chi connectivity index (χ2n) is 4.29. The molecule has 0 radical (unpaired) electrons. The van der Waals surface area contributed by atoms with Gasteiger partial charge in [-0.3, -0.25) is 0 Å². The van der Waals surface area contributed by atoms with Gasteiger partial charge in [-0.25, -0.2) is 4.79 Å². The molecule has 1 aromatic rings. The average molecular weight is 256 g/mol. The summed E-state index contributed by atoms with van der Waals surface area (Å²) < 4.78 is 4.72. The molecule has 0 aliphatic heterocycles. The van der Waals surface area contributed by atoms with E-state index in [9.17, 15) is 4.79 Å². The highest BCUT2D eigenvalue weighted by Gasteiger charge is 2.11. The molecule has 17 heavy (non-hydrogen) atoms. The number of hydrogen-bond acceptors (Lipinski definition) is 3. The number of nitrogens with one attached hydrogen (secondary N) is 1. The molecule has 94 valence electrons. The van der Waals surface area contributed by atoms with E-state index in [4.69, 9.17) is 16.3 Å². The minimum atomic E-state index is -0.353. The van der Waals surface area contributed by atoms with E-state index >= 15 is 0 Å². The van der Waals surface area contributed by atoms with Crippen LogP contribution in [-0.4, -0.2) is 19.6 Å². The third-order valence-electron chi connectivity index (χ3n) is 2.42. The molecule has 0 atom stereocenters. The number of benzene rings is 1. The molecule has 4 heteroatoms. The Balaban J connectivity index is 2.80. The van der Waals surface area contributed by atoms with Crippen LogP contribution in [0.1, 0.15) is 30.6 Å². The van der Waals surface area contributed by atoms with E-state index in [2.05, 4.69) is 19.2 Å². The number of anilines is 1. The molecule has 0 saturated heterocycles. The highest BCUT2D eigenvalue weighted by Crippen LogP contribution is 2.22. The molecule has 0 fully saturated rings. The van der Waals surface area contributed by atoms with Gasteiger partial charge < -0.3 is 10.1 Å². The first-order valence-corrected chi connectivity index (χ1v) is 6.04. The molecule has 0 unspecified atom stereocenters. The molecule has 0 aliphatic carbocycles. The maximum atomic E-state index is 11.5. The van der Waals surface area contributed by atoms with Crippen molar-refractivity contribution in [3.8, 4) is 0 Å². The number of ether oxygens (including phenoxy) is 1. The first-order chi connectivity index (χ1) is 8.04. The van der Waals surface area contributed by atoms with Gasteiger partial charge in [0.2, 0.25) is 0 Å². The Morgan fingerprint density at radius 3 is 2.76 bits per heavy atom. The zero-order valence-electron chi connectivity index (χ0n) is 10.4. The number of halogens is 1. The molecule has 0 amide bonds. The monoisotopic (exact) mass is 255 g/mol. The number of esters is 1. The van der Waals surface area contributed by atoms with Gasteiger partial charge in [0.15, 0.2) is 0 Å². The third-order valence-corrected chi connectivity index (χ3v) is 2.66. The molecule has 0 bridgehead atoms. The Kier molecular flexibility index (Phi) is 5.29. The van der Waals surface area contributed by atoms with Crippen LogP contribution < -0.4 is 5.32 Å². The Bertz CT molecular complexity index is 391. The van der Waals surface area contributed by atoms with Crippen molar-refractivity contribution in [3.63, 3.8) is 0 Å². The number of hydrogen-bond donors (Lipinski definition) is 1. The van der Waals surface area contributed by atoms with Gasteiger partial charge in [-0.1, -0.05) is 25.4 Å². The maximum Gasteiger partial charge on any atom is 0.339 e. The number of carbonyl (C=O) groups excluding carboxylic acids is 1. The van der Waals surface area contributed by atoms with E-state index in [-0.39, 0.29) is 5.97 Å². The largest absolute Gasteiger partial charge is 0.465 e. The molecular formula is C13H18ClNO2. The van der Waals surface area contributed by atoms with Crippen molar-refractivity contribution in [1.82, 2.24) is 0 Å². The smallest absolute Gasteiger partial charge is 0.339 e. The lowest BCUT2D eigenvalue weighted by molar-refractivity contribution is 0.0602. The second-order valence-corrected chi connectivity index (χ2v) is 4.73. The van der Waals surface area contributed by atoms with Gasteiger partial charge in [-0.05, 0) is 30.5 Å². The highest BCUT2D eigenvalue weighted by atomic mass is 35.5. The van der Waals surface area contributed by atoms with Crippen LogP contribution >= 0.6 is 11.6 Å². The zero-order valence-corrected chi connectivity index (χ0v) is 11.2. The summed E-state index contributed by atoms with van der Waals surface area (Å²) in [4.78, 5) is 11.5. The average Bonchev–Trinajstić information content (AvgIpc) is 2.28. The predicted octanol–water partition coefficient (Wildman–Crippen LogP) is 3.58. The fourth-order valence-corrected chi connectivity index (χ4v) is 1.62. The lowest BCUT2D eigenvalue weighted by Gasteiger charge is -2.12. The van der Waals surface area contributed by atoms with Crippen LogP contribution in [0.4, 0.5) is 5.69 Å². The normalized spacial score (nSPS) is 10.4. The van der Waals surface area contributed by atoms with E-state index < -0.39 is 0 Å². The Morgan fingerprint density at radius 1 is 1.47 bits per heavy atom. The minimum absolute atomic E-state index is 0.353. The van der Waals surface area contributed by atoms with Crippen LogP contribution in [0.15, 0.2) is 18.2 Å². The van der Waals surface area contributed by atoms with Crippen LogP contribution in [-0.2, 0) is 4.74 Å². The Hall–Kier alpha value is -1.22. The van der Waals surface area contributed by atoms with Crippen LogP contribution in [0, 0.1) is 5.92 Å². The van der Waals surface area contributed by atoms with Gasteiger partial charge in [0.05, 0.1) is 18.4 Å². The SMILES string of the molecule is COC(=O)c1ccc(Cl)cc1NCCC(C)C. The minimum Gasteiger partial charge on any atom is -0.465 e. The van der Waals surface area contributed by atoms with Crippen molar-refractivity contribution < 1.29 is 9.53 Å². The number of carbonyl (C=O) groups is 1. The fraction of sp³-hybridized carbons (Fsp3) is 0.462. The van der Waals surface area contributed by atoms with Crippen LogP contribution in [0.2, 0.25) is 5.02 Å². The molecule has 1 N–H and O–H groups in total. The quantitative estimate of drug-likeness (QED) is 0.818. The van der Waals surface area contributed by atoms with E-state index in [0.717, 1.165) is 18.7 Å². The van der Waals surface area contributed by atoms with Crippen molar-refractivity contribution >= 4 is 23.3 Å².